The van der Waals surface area contributed by atoms with Crippen molar-refractivity contribution >= 4 is 29.1 Å². The number of ether oxygens (including phenoxy) is 1. The molecule has 1 fully saturated rings. The predicted molar refractivity (Wildman–Crippen MR) is 144 cm³/mol. The van der Waals surface area contributed by atoms with Gasteiger partial charge in [0.25, 0.3) is 5.56 Å². The zero-order chi connectivity index (χ0) is 27.4. The lowest BCUT2D eigenvalue weighted by atomic mass is 10.1. The summed E-state index contributed by atoms with van der Waals surface area (Å²) >= 11 is 0. The molecule has 3 aromatic rings. The number of aromatic nitrogens is 4. The molecule has 3 heterocycles. The van der Waals surface area contributed by atoms with E-state index in [-0.39, 0.29) is 35.7 Å². The summed E-state index contributed by atoms with van der Waals surface area (Å²) < 4.78 is 52.9. The molecule has 206 valence electrons. The van der Waals surface area contributed by atoms with Crippen LogP contribution in [0.5, 0.6) is 5.75 Å². The number of piperazine rings is 1. The lowest BCUT2D eigenvalue weighted by Gasteiger charge is -2.31. The Morgan fingerprint density at radius 1 is 1.11 bits per heavy atom. The zero-order valence-corrected chi connectivity index (χ0v) is 23.8. The standard InChI is InChI=1S/C24H33N6O6PS/c1-5-8-19-21-22(28(4)27-19)24(31)26-23(25-21)18-15-17(9-10-20(18)35-6-2)38(33,34)30-13-11-29(12-14-30)16-37(32)36-7-3/h9-10,15H,5-8,11-14,16H2,1-4H3/p+1. The predicted octanol–water partition coefficient (Wildman–Crippen LogP) is 2.72. The van der Waals surface area contributed by atoms with Crippen LogP contribution in [0, 0.1) is 0 Å². The van der Waals surface area contributed by atoms with Crippen LogP contribution < -0.4 is 10.3 Å². The lowest BCUT2D eigenvalue weighted by Crippen LogP contribution is -2.48. The average Bonchev–Trinajstić information content (AvgIpc) is 3.20. The van der Waals surface area contributed by atoms with E-state index in [0.29, 0.717) is 60.8 Å². The van der Waals surface area contributed by atoms with Crippen molar-refractivity contribution in [1.82, 2.24) is 29.0 Å². The summed E-state index contributed by atoms with van der Waals surface area (Å²) in [6, 6.07) is 4.60. The molecule has 4 rings (SSSR count). The van der Waals surface area contributed by atoms with Crippen LogP contribution in [0.3, 0.4) is 0 Å². The molecule has 1 unspecified atom stereocenters. The van der Waals surface area contributed by atoms with Crippen molar-refractivity contribution in [2.75, 3.05) is 45.7 Å². The average molecular weight is 566 g/mol. The number of nitrogens with zero attached hydrogens (tertiary/aromatic N) is 5. The van der Waals surface area contributed by atoms with Gasteiger partial charge >= 0.3 is 8.03 Å². The molecule has 0 aliphatic carbocycles. The molecule has 1 aliphatic heterocycles. The summed E-state index contributed by atoms with van der Waals surface area (Å²) in [5, 5.41) is 4.46. The fraction of sp³-hybridized carbons (Fsp3) is 0.542. The topological polar surface area (TPSA) is 140 Å². The van der Waals surface area contributed by atoms with Gasteiger partial charge in [-0.1, -0.05) is 13.3 Å². The summed E-state index contributed by atoms with van der Waals surface area (Å²) in [4.78, 5) is 22.5. The largest absolute Gasteiger partial charge is 0.524 e. The Morgan fingerprint density at radius 2 is 1.84 bits per heavy atom. The van der Waals surface area contributed by atoms with Crippen LogP contribution in [-0.2, 0) is 32.6 Å². The molecular weight excluding hydrogens is 531 g/mol. The minimum atomic E-state index is -3.84. The molecule has 0 amide bonds. The van der Waals surface area contributed by atoms with E-state index < -0.39 is 18.1 Å². The smallest absolute Gasteiger partial charge is 0.493 e. The number of fused-ring (bicyclic) bond motifs is 1. The molecule has 0 spiro atoms. The van der Waals surface area contributed by atoms with Gasteiger partial charge in [-0.2, -0.15) is 9.40 Å². The molecule has 38 heavy (non-hydrogen) atoms. The first-order chi connectivity index (χ1) is 18.2. The second-order valence-electron chi connectivity index (χ2n) is 8.94. The van der Waals surface area contributed by atoms with Crippen molar-refractivity contribution in [3.63, 3.8) is 0 Å². The second kappa shape index (κ2) is 12.0. The highest BCUT2D eigenvalue weighted by atomic mass is 32.2. The summed E-state index contributed by atoms with van der Waals surface area (Å²) in [6.45, 7) is 7.78. The first-order valence-electron chi connectivity index (χ1n) is 12.7. The fourth-order valence-corrected chi connectivity index (χ4v) is 6.95. The number of nitrogens with one attached hydrogen (secondary N) is 1. The van der Waals surface area contributed by atoms with Gasteiger partial charge in [-0.3, -0.25) is 14.4 Å². The number of sulfonamides is 1. The van der Waals surface area contributed by atoms with Gasteiger partial charge in [0.2, 0.25) is 16.3 Å². The van der Waals surface area contributed by atoms with Crippen LogP contribution in [0.1, 0.15) is 32.9 Å². The number of rotatable bonds is 11. The maximum Gasteiger partial charge on any atom is 0.524 e. The number of benzene rings is 1. The Labute approximate surface area is 222 Å². The van der Waals surface area contributed by atoms with Crippen molar-refractivity contribution in [3.05, 3.63) is 34.2 Å². The van der Waals surface area contributed by atoms with Gasteiger partial charge < -0.3 is 9.72 Å². The number of hydrogen-bond donors (Lipinski definition) is 1. The molecule has 0 saturated carbocycles. The van der Waals surface area contributed by atoms with Crippen LogP contribution in [0.2, 0.25) is 0 Å². The first-order valence-corrected chi connectivity index (χ1v) is 15.5. The van der Waals surface area contributed by atoms with Gasteiger partial charge in [0, 0.05) is 33.2 Å². The zero-order valence-electron chi connectivity index (χ0n) is 22.1. The molecule has 2 aromatic heterocycles. The molecule has 1 saturated heterocycles. The van der Waals surface area contributed by atoms with Crippen molar-refractivity contribution in [3.8, 4) is 17.1 Å². The third kappa shape index (κ3) is 5.81. The van der Waals surface area contributed by atoms with Gasteiger partial charge in [0.15, 0.2) is 5.52 Å². The van der Waals surface area contributed by atoms with E-state index in [1.165, 1.54) is 21.1 Å². The highest BCUT2D eigenvalue weighted by Crippen LogP contribution is 2.32. The second-order valence-corrected chi connectivity index (χ2v) is 12.1. The first kappa shape index (κ1) is 28.3. The Balaban J connectivity index is 1.68. The Hall–Kier alpha value is -2.70. The molecule has 14 heteroatoms. The summed E-state index contributed by atoms with van der Waals surface area (Å²) in [5.41, 5.74) is 1.58. The molecule has 1 N–H and O–H groups in total. The quantitative estimate of drug-likeness (QED) is 0.348. The molecule has 1 aromatic carbocycles. The van der Waals surface area contributed by atoms with Gasteiger partial charge in [-0.15, -0.1) is 4.52 Å². The Bertz CT molecular complexity index is 1480. The van der Waals surface area contributed by atoms with E-state index in [9.17, 15) is 17.8 Å². The molecule has 0 bridgehead atoms. The van der Waals surface area contributed by atoms with E-state index in [2.05, 4.69) is 10.1 Å². The van der Waals surface area contributed by atoms with Gasteiger partial charge in [0.05, 0.1) is 29.4 Å². The third-order valence-corrected chi connectivity index (χ3v) is 9.38. The number of aromatic amines is 1. The molecular formula is C24H34N6O6PS+. The van der Waals surface area contributed by atoms with E-state index in [0.717, 1.165) is 6.42 Å². The number of hydrogen-bond acceptors (Lipinski definition) is 9. The van der Waals surface area contributed by atoms with E-state index in [1.807, 2.05) is 18.7 Å². The third-order valence-electron chi connectivity index (χ3n) is 6.31. The Kier molecular flexibility index (Phi) is 8.94. The van der Waals surface area contributed by atoms with E-state index >= 15 is 0 Å². The Morgan fingerprint density at radius 3 is 2.50 bits per heavy atom. The van der Waals surface area contributed by atoms with Crippen LogP contribution >= 0.6 is 8.03 Å². The highest BCUT2D eigenvalue weighted by Gasteiger charge is 2.32. The van der Waals surface area contributed by atoms with E-state index in [1.54, 1.807) is 20.0 Å². The van der Waals surface area contributed by atoms with Crippen LogP contribution in [0.4, 0.5) is 0 Å². The van der Waals surface area contributed by atoms with Crippen molar-refractivity contribution < 1.29 is 22.2 Å². The van der Waals surface area contributed by atoms with Crippen LogP contribution in [0.25, 0.3) is 22.4 Å². The SMILES string of the molecule is CCCc1nn(C)c2c(=O)[nH]c(-c3cc(S(=O)(=O)N4CCN(C[P+](=O)OCC)CC4)ccc3OCC)nc12. The number of aryl methyl sites for hydroxylation is 2. The van der Waals surface area contributed by atoms with Crippen molar-refractivity contribution in [1.29, 1.82) is 0 Å². The monoisotopic (exact) mass is 565 g/mol. The van der Waals surface area contributed by atoms with Crippen LogP contribution in [0.15, 0.2) is 27.9 Å². The molecule has 1 aliphatic rings. The van der Waals surface area contributed by atoms with E-state index in [4.69, 9.17) is 14.2 Å². The number of H-pyrrole nitrogens is 1. The maximum atomic E-state index is 13.6. The van der Waals surface area contributed by atoms with Gasteiger partial charge in [0.1, 0.15) is 17.1 Å². The fourth-order valence-electron chi connectivity index (χ4n) is 4.52. The lowest BCUT2D eigenvalue weighted by molar-refractivity contribution is 0.205. The molecule has 0 radical (unpaired) electrons. The van der Waals surface area contributed by atoms with Crippen molar-refractivity contribution in [2.45, 2.75) is 38.5 Å². The summed E-state index contributed by atoms with van der Waals surface area (Å²) in [6.07, 6.45) is 1.77. The molecule has 12 nitrogen and oxygen atoms in total. The minimum Gasteiger partial charge on any atom is -0.493 e. The highest BCUT2D eigenvalue weighted by molar-refractivity contribution is 7.89. The van der Waals surface area contributed by atoms with Crippen LogP contribution in [-0.4, -0.2) is 83.0 Å². The summed E-state index contributed by atoms with van der Waals surface area (Å²) in [5.74, 6) is 0.636. The van der Waals surface area contributed by atoms with Gasteiger partial charge in [-0.05, 0) is 43.0 Å². The molecule has 1 atom stereocenters. The normalized spacial score (nSPS) is 15.7. The van der Waals surface area contributed by atoms with Gasteiger partial charge in [-0.25, -0.2) is 13.4 Å². The minimum absolute atomic E-state index is 0.0764. The summed E-state index contributed by atoms with van der Waals surface area (Å²) in [7, 11) is -3.94. The van der Waals surface area contributed by atoms with Crippen molar-refractivity contribution in [2.24, 2.45) is 7.05 Å². The maximum absolute atomic E-state index is 13.6.